The van der Waals surface area contributed by atoms with Crippen LogP contribution in [0, 0.1) is 20.2 Å². The van der Waals surface area contributed by atoms with Crippen molar-refractivity contribution in [3.05, 3.63) is 50.6 Å². The fourth-order valence-electron chi connectivity index (χ4n) is 0.907. The van der Waals surface area contributed by atoms with Gasteiger partial charge in [0, 0.05) is 22.4 Å². The molecule has 0 aromatic heterocycles. The zero-order valence-electron chi connectivity index (χ0n) is 8.11. The number of carbonyl (C=O) groups excluding carboxylic acids is 1. The number of nitro groups is 2. The fraction of sp³-hybridized carbons (Fsp3) is 0.125. The summed E-state index contributed by atoms with van der Waals surface area (Å²) >= 11 is 0. The number of benzene rings is 1. The first-order valence-electron chi connectivity index (χ1n) is 4.06. The van der Waals surface area contributed by atoms with Crippen molar-refractivity contribution in [2.75, 3.05) is 0 Å². The molecular weight excluding hydrogens is 328 g/mol. The minimum absolute atomic E-state index is 0. The maximum absolute atomic E-state index is 11.1. The van der Waals surface area contributed by atoms with Crippen LogP contribution in [0.1, 0.15) is 0 Å². The van der Waals surface area contributed by atoms with Crippen LogP contribution in [-0.4, -0.2) is 22.0 Å². The van der Waals surface area contributed by atoms with E-state index in [0.29, 0.717) is 0 Å². The van der Waals surface area contributed by atoms with E-state index in [-0.39, 0.29) is 28.1 Å². The van der Waals surface area contributed by atoms with Gasteiger partial charge in [-0.15, -0.1) is 0 Å². The quantitative estimate of drug-likeness (QED) is 0.198. The first-order valence-corrected chi connectivity index (χ1v) is 4.06. The van der Waals surface area contributed by atoms with Gasteiger partial charge in [-0.05, 0) is 12.1 Å². The van der Waals surface area contributed by atoms with E-state index in [1.165, 1.54) is 24.3 Å². The Morgan fingerprint density at radius 3 is 2.00 bits per heavy atom. The number of hydrogen-bond acceptors (Lipinski definition) is 6. The Morgan fingerprint density at radius 1 is 1.12 bits per heavy atom. The predicted molar refractivity (Wildman–Crippen MR) is 49.9 cm³/mol. The summed E-state index contributed by atoms with van der Waals surface area (Å²) in [7, 11) is 0. The second kappa shape index (κ2) is 6.74. The van der Waals surface area contributed by atoms with Gasteiger partial charge in [0.1, 0.15) is 15.6 Å². The molecule has 95 valence electrons. The van der Waals surface area contributed by atoms with Gasteiger partial charge in [-0.1, -0.05) is 18.2 Å². The van der Waals surface area contributed by atoms with E-state index in [4.69, 9.17) is 0 Å². The van der Waals surface area contributed by atoms with Gasteiger partial charge in [-0.3, -0.25) is 20.2 Å². The molecule has 0 aliphatic carbocycles. The minimum Gasteiger partial charge on any atom is -0.416 e. The van der Waals surface area contributed by atoms with Crippen molar-refractivity contribution < 1.29 is 41.8 Å². The first kappa shape index (κ1) is 15.2. The Kier molecular flexibility index (Phi) is 6.03. The van der Waals surface area contributed by atoms with Crippen molar-refractivity contribution in [1.29, 1.82) is 0 Å². The molecule has 0 fully saturated rings. The Bertz CT molecular complexity index is 409. The van der Waals surface area contributed by atoms with Gasteiger partial charge < -0.3 is 4.74 Å². The summed E-state index contributed by atoms with van der Waals surface area (Å²) in [4.78, 5) is 28.9. The molecule has 0 spiro atoms. The topological polar surface area (TPSA) is 113 Å². The molecule has 1 radical (unpaired) electrons. The van der Waals surface area contributed by atoms with Crippen LogP contribution in [0.4, 0.5) is 0 Å². The van der Waals surface area contributed by atoms with Crippen molar-refractivity contribution in [3.8, 4) is 5.75 Å². The van der Waals surface area contributed by atoms with E-state index in [2.05, 4.69) is 4.74 Å². The van der Waals surface area contributed by atoms with Crippen LogP contribution in [-0.2, 0) is 27.2 Å². The van der Waals surface area contributed by atoms with Crippen LogP contribution in [0.5, 0.6) is 5.75 Å². The van der Waals surface area contributed by atoms with Crippen LogP contribution >= 0.6 is 0 Å². The molecule has 9 heteroatoms. The average molecular weight is 334 g/mol. The molecule has 17 heavy (non-hydrogen) atoms. The fourth-order valence-corrected chi connectivity index (χ4v) is 0.907. The normalized spacial score (nSPS) is 9.24. The van der Waals surface area contributed by atoms with Crippen LogP contribution in [0.2, 0.25) is 0 Å². The van der Waals surface area contributed by atoms with Crippen molar-refractivity contribution in [3.63, 3.8) is 0 Å². The summed E-state index contributed by atoms with van der Waals surface area (Å²) in [6.45, 7) is 0. The molecule has 0 heterocycles. The molecule has 0 N–H and O–H groups in total. The molecular formula is C8H6AgN2O6. The van der Waals surface area contributed by atoms with Gasteiger partial charge in [0.05, 0.1) is 0 Å². The molecule has 0 atom stereocenters. The third-order valence-electron chi connectivity index (χ3n) is 1.57. The van der Waals surface area contributed by atoms with Crippen molar-refractivity contribution in [1.82, 2.24) is 0 Å². The minimum atomic E-state index is -2.60. The molecule has 0 bridgehead atoms. The van der Waals surface area contributed by atoms with Gasteiger partial charge in [-0.2, -0.15) is 0 Å². The molecule has 8 nitrogen and oxygen atoms in total. The van der Waals surface area contributed by atoms with E-state index < -0.39 is 22.0 Å². The number of carbonyl (C=O) groups is 1. The summed E-state index contributed by atoms with van der Waals surface area (Å²) < 4.78 is 4.48. The monoisotopic (exact) mass is 333 g/mol. The Balaban J connectivity index is 0.00000256. The summed E-state index contributed by atoms with van der Waals surface area (Å²) in [5, 5.41) is 20.5. The number of hydrogen-bond donors (Lipinski definition) is 0. The van der Waals surface area contributed by atoms with Crippen LogP contribution in [0.3, 0.4) is 0 Å². The molecule has 0 saturated heterocycles. The smallest absolute Gasteiger partial charge is 0.416 e. The zero-order valence-corrected chi connectivity index (χ0v) is 9.59. The molecule has 0 unspecified atom stereocenters. The number of nitrogens with zero attached hydrogens (tertiary/aromatic N) is 2. The molecule has 1 aromatic rings. The number of esters is 1. The summed E-state index contributed by atoms with van der Waals surface area (Å²) in [5.41, 5.74) is 0. The third kappa shape index (κ3) is 4.31. The second-order valence-electron chi connectivity index (χ2n) is 2.68. The largest absolute Gasteiger partial charge is 0.545 e. The van der Waals surface area contributed by atoms with Crippen LogP contribution in [0.15, 0.2) is 30.3 Å². The van der Waals surface area contributed by atoms with E-state index in [0.717, 1.165) is 0 Å². The Hall–Kier alpha value is -1.77. The zero-order chi connectivity index (χ0) is 12.1. The maximum atomic E-state index is 11.1. The van der Waals surface area contributed by atoms with E-state index in [1.807, 2.05) is 0 Å². The molecule has 0 amide bonds. The molecule has 0 aliphatic heterocycles. The summed E-state index contributed by atoms with van der Waals surface area (Å²) in [5.74, 6) is -1.51. The van der Waals surface area contributed by atoms with E-state index in [1.54, 1.807) is 6.07 Å². The number of ether oxygens (including phenoxy) is 1. The molecule has 0 aliphatic rings. The summed E-state index contributed by atoms with van der Waals surface area (Å²) in [6.07, 6.45) is -2.60. The number of rotatable bonds is 4. The predicted octanol–water partition coefficient (Wildman–Crippen LogP) is 0.469. The van der Waals surface area contributed by atoms with Crippen LogP contribution < -0.4 is 4.74 Å². The van der Waals surface area contributed by atoms with Crippen molar-refractivity contribution >= 4 is 5.97 Å². The van der Waals surface area contributed by atoms with Gasteiger partial charge in [0.2, 0.25) is 0 Å². The van der Waals surface area contributed by atoms with Crippen LogP contribution in [0.25, 0.3) is 0 Å². The van der Waals surface area contributed by atoms with E-state index >= 15 is 0 Å². The van der Waals surface area contributed by atoms with Gasteiger partial charge in [0.25, 0.3) is 0 Å². The standard InChI is InChI=1S/C8H6N2O6.Ag/c11-8(7(9(12)13)10(14)15)16-6-4-2-1-3-5-6;/h1-5,7H;. The van der Waals surface area contributed by atoms with Crippen molar-refractivity contribution in [2.24, 2.45) is 0 Å². The summed E-state index contributed by atoms with van der Waals surface area (Å²) in [6, 6.07) is 7.39. The third-order valence-corrected chi connectivity index (χ3v) is 1.57. The van der Waals surface area contributed by atoms with Gasteiger partial charge in [-0.25, -0.2) is 4.79 Å². The first-order chi connectivity index (χ1) is 7.52. The Morgan fingerprint density at radius 2 is 1.59 bits per heavy atom. The molecule has 1 rings (SSSR count). The average Bonchev–Trinajstić information content (AvgIpc) is 2.17. The molecule has 1 aromatic carbocycles. The molecule has 0 saturated carbocycles. The van der Waals surface area contributed by atoms with Gasteiger partial charge >= 0.3 is 12.1 Å². The second-order valence-corrected chi connectivity index (χ2v) is 2.68. The van der Waals surface area contributed by atoms with E-state index in [9.17, 15) is 25.0 Å². The van der Waals surface area contributed by atoms with Gasteiger partial charge in [0.15, 0.2) is 0 Å². The number of para-hydroxylation sites is 1. The maximum Gasteiger partial charge on any atom is 0.545 e. The van der Waals surface area contributed by atoms with Crippen molar-refractivity contribution in [2.45, 2.75) is 6.17 Å². The SMILES string of the molecule is O=C(Oc1ccccc1)C([N+](=O)[O-])[N+](=O)[O-].[Ag]. The Labute approximate surface area is 110 Å².